The second-order valence-corrected chi connectivity index (χ2v) is 8.11. The van der Waals surface area contributed by atoms with Crippen molar-refractivity contribution >= 4 is 33.6 Å². The Balaban J connectivity index is 1.89. The quantitative estimate of drug-likeness (QED) is 0.808. The van der Waals surface area contributed by atoms with E-state index in [2.05, 4.69) is 21.2 Å². The molecule has 0 spiro atoms. The van der Waals surface area contributed by atoms with Gasteiger partial charge in [-0.3, -0.25) is 4.79 Å². The van der Waals surface area contributed by atoms with Crippen molar-refractivity contribution in [1.82, 2.24) is 4.90 Å². The molecule has 2 amide bonds. The molecular formula is C18H25BrN2O3. The van der Waals surface area contributed by atoms with Gasteiger partial charge in [0.05, 0.1) is 0 Å². The molecule has 0 atom stereocenters. The lowest BCUT2D eigenvalue weighted by Gasteiger charge is -2.33. The van der Waals surface area contributed by atoms with Crippen LogP contribution < -0.4 is 5.32 Å². The van der Waals surface area contributed by atoms with Crippen LogP contribution in [0.25, 0.3) is 0 Å². The van der Waals surface area contributed by atoms with Crippen molar-refractivity contribution in [1.29, 1.82) is 0 Å². The highest BCUT2D eigenvalue weighted by molar-refractivity contribution is 9.10. The molecule has 6 heteroatoms. The topological polar surface area (TPSA) is 58.6 Å². The Morgan fingerprint density at radius 3 is 2.46 bits per heavy atom. The van der Waals surface area contributed by atoms with Crippen molar-refractivity contribution in [3.63, 3.8) is 0 Å². The molecule has 1 heterocycles. The van der Waals surface area contributed by atoms with Crippen molar-refractivity contribution < 1.29 is 14.3 Å². The monoisotopic (exact) mass is 396 g/mol. The number of aryl methyl sites for hydroxylation is 1. The molecule has 1 aliphatic rings. The summed E-state index contributed by atoms with van der Waals surface area (Å²) >= 11 is 3.42. The van der Waals surface area contributed by atoms with Gasteiger partial charge in [0.25, 0.3) is 0 Å². The highest BCUT2D eigenvalue weighted by Crippen LogP contribution is 2.24. The zero-order chi connectivity index (χ0) is 17.9. The van der Waals surface area contributed by atoms with Gasteiger partial charge in [0.15, 0.2) is 0 Å². The fourth-order valence-electron chi connectivity index (χ4n) is 2.61. The second-order valence-electron chi connectivity index (χ2n) is 7.19. The van der Waals surface area contributed by atoms with E-state index >= 15 is 0 Å². The van der Waals surface area contributed by atoms with Crippen LogP contribution in [-0.2, 0) is 9.53 Å². The maximum Gasteiger partial charge on any atom is 0.410 e. The van der Waals surface area contributed by atoms with Gasteiger partial charge in [0.2, 0.25) is 5.91 Å². The molecule has 1 fully saturated rings. The highest BCUT2D eigenvalue weighted by atomic mass is 79.9. The fourth-order valence-corrected chi connectivity index (χ4v) is 2.98. The number of nitrogens with one attached hydrogen (secondary N) is 1. The van der Waals surface area contributed by atoms with Crippen LogP contribution in [-0.4, -0.2) is 35.6 Å². The number of ether oxygens (including phenoxy) is 1. The van der Waals surface area contributed by atoms with Crippen LogP contribution in [0.3, 0.4) is 0 Å². The molecule has 132 valence electrons. The predicted molar refractivity (Wildman–Crippen MR) is 98.0 cm³/mol. The predicted octanol–water partition coefficient (Wildman–Crippen LogP) is 4.34. The summed E-state index contributed by atoms with van der Waals surface area (Å²) in [4.78, 5) is 26.2. The number of carbonyl (C=O) groups excluding carboxylic acids is 2. The molecule has 5 nitrogen and oxygen atoms in total. The van der Waals surface area contributed by atoms with E-state index in [0.717, 1.165) is 15.7 Å². The van der Waals surface area contributed by atoms with E-state index in [4.69, 9.17) is 4.74 Å². The lowest BCUT2D eigenvalue weighted by atomic mass is 9.96. The van der Waals surface area contributed by atoms with Crippen molar-refractivity contribution in [2.75, 3.05) is 18.4 Å². The van der Waals surface area contributed by atoms with E-state index < -0.39 is 5.60 Å². The van der Waals surface area contributed by atoms with Gasteiger partial charge in [-0.2, -0.15) is 0 Å². The van der Waals surface area contributed by atoms with Crippen LogP contribution in [0.4, 0.5) is 10.5 Å². The third kappa shape index (κ3) is 5.23. The molecule has 1 saturated heterocycles. The highest BCUT2D eigenvalue weighted by Gasteiger charge is 2.30. The molecular weight excluding hydrogens is 372 g/mol. The van der Waals surface area contributed by atoms with Crippen LogP contribution in [0.15, 0.2) is 22.7 Å². The summed E-state index contributed by atoms with van der Waals surface area (Å²) in [5.74, 6) is -0.0675. The minimum Gasteiger partial charge on any atom is -0.444 e. The largest absolute Gasteiger partial charge is 0.444 e. The Labute approximate surface area is 151 Å². The smallest absolute Gasteiger partial charge is 0.410 e. The van der Waals surface area contributed by atoms with Crippen LogP contribution in [0.1, 0.15) is 39.2 Å². The Morgan fingerprint density at radius 1 is 1.25 bits per heavy atom. The summed E-state index contributed by atoms with van der Waals surface area (Å²) in [5, 5.41) is 3.00. The molecule has 0 aliphatic carbocycles. The molecule has 1 aromatic carbocycles. The van der Waals surface area contributed by atoms with Crippen molar-refractivity contribution in [2.45, 2.75) is 46.1 Å². The number of benzene rings is 1. The van der Waals surface area contributed by atoms with Crippen LogP contribution >= 0.6 is 15.9 Å². The molecule has 24 heavy (non-hydrogen) atoms. The summed E-state index contributed by atoms with van der Waals surface area (Å²) in [6.45, 7) is 8.62. The zero-order valence-corrected chi connectivity index (χ0v) is 16.3. The average Bonchev–Trinajstić information content (AvgIpc) is 2.49. The van der Waals surface area contributed by atoms with Crippen LogP contribution in [0.2, 0.25) is 0 Å². The Morgan fingerprint density at radius 2 is 1.88 bits per heavy atom. The summed E-state index contributed by atoms with van der Waals surface area (Å²) in [6.07, 6.45) is 1.00. The van der Waals surface area contributed by atoms with Gasteiger partial charge >= 0.3 is 6.09 Å². The van der Waals surface area contributed by atoms with Gasteiger partial charge in [-0.25, -0.2) is 4.79 Å². The summed E-state index contributed by atoms with van der Waals surface area (Å²) in [7, 11) is 0. The average molecular weight is 397 g/mol. The summed E-state index contributed by atoms with van der Waals surface area (Å²) < 4.78 is 6.31. The zero-order valence-electron chi connectivity index (χ0n) is 14.7. The third-order valence-electron chi connectivity index (χ3n) is 3.97. The van der Waals surface area contributed by atoms with Gasteiger partial charge in [-0.1, -0.05) is 22.0 Å². The van der Waals surface area contributed by atoms with Crippen molar-refractivity contribution in [3.05, 3.63) is 28.2 Å². The minimum atomic E-state index is -0.496. The lowest BCUT2D eigenvalue weighted by molar-refractivity contribution is -0.121. The molecule has 2 rings (SSSR count). The molecule has 0 bridgehead atoms. The molecule has 0 aromatic heterocycles. The van der Waals surface area contributed by atoms with Crippen molar-refractivity contribution in [2.24, 2.45) is 5.92 Å². The van der Waals surface area contributed by atoms with E-state index in [1.807, 2.05) is 45.9 Å². The van der Waals surface area contributed by atoms with E-state index in [1.165, 1.54) is 0 Å². The van der Waals surface area contributed by atoms with Gasteiger partial charge in [-0.15, -0.1) is 0 Å². The molecule has 1 N–H and O–H groups in total. The van der Waals surface area contributed by atoms with E-state index in [-0.39, 0.29) is 17.9 Å². The summed E-state index contributed by atoms with van der Waals surface area (Å²) in [6, 6.07) is 5.82. The van der Waals surface area contributed by atoms with Gasteiger partial charge < -0.3 is 15.0 Å². The number of rotatable bonds is 2. The van der Waals surface area contributed by atoms with Gasteiger partial charge in [0.1, 0.15) is 5.60 Å². The normalized spacial score (nSPS) is 16.0. The summed E-state index contributed by atoms with van der Waals surface area (Å²) in [5.41, 5.74) is 1.35. The third-order valence-corrected chi connectivity index (χ3v) is 4.47. The fraction of sp³-hybridized carbons (Fsp3) is 0.556. The number of hydrogen-bond acceptors (Lipinski definition) is 3. The Kier molecular flexibility index (Phi) is 5.91. The molecule has 1 aliphatic heterocycles. The maximum absolute atomic E-state index is 12.5. The van der Waals surface area contributed by atoms with Gasteiger partial charge in [0, 0.05) is 29.2 Å². The SMILES string of the molecule is Cc1ccc(Br)cc1NC(=O)C1CCN(C(=O)OC(C)(C)C)CC1. The van der Waals surface area contributed by atoms with Crippen LogP contribution in [0, 0.1) is 12.8 Å². The van der Waals surface area contributed by atoms with Crippen molar-refractivity contribution in [3.8, 4) is 0 Å². The number of likely N-dealkylation sites (tertiary alicyclic amines) is 1. The number of halogens is 1. The van der Waals surface area contributed by atoms with E-state index in [1.54, 1.807) is 4.90 Å². The van der Waals surface area contributed by atoms with Gasteiger partial charge in [-0.05, 0) is 58.2 Å². The molecule has 0 saturated carbocycles. The molecule has 0 radical (unpaired) electrons. The number of hydrogen-bond donors (Lipinski definition) is 1. The first-order valence-corrected chi connectivity index (χ1v) is 9.00. The number of piperidine rings is 1. The first-order valence-electron chi connectivity index (χ1n) is 8.20. The van der Waals surface area contributed by atoms with E-state index in [0.29, 0.717) is 25.9 Å². The number of anilines is 1. The minimum absolute atomic E-state index is 0.0139. The standard InChI is InChI=1S/C18H25BrN2O3/c1-12-5-6-14(19)11-15(12)20-16(22)13-7-9-21(10-8-13)17(23)24-18(2,3)4/h5-6,11,13H,7-10H2,1-4H3,(H,20,22). The number of amides is 2. The second kappa shape index (κ2) is 7.55. The first-order chi connectivity index (χ1) is 11.2. The van der Waals surface area contributed by atoms with Crippen LogP contribution in [0.5, 0.6) is 0 Å². The number of carbonyl (C=O) groups is 2. The lowest BCUT2D eigenvalue weighted by Crippen LogP contribution is -2.43. The number of nitrogens with zero attached hydrogens (tertiary/aromatic N) is 1. The maximum atomic E-state index is 12.5. The Hall–Kier alpha value is -1.56. The Bertz CT molecular complexity index is 617. The van der Waals surface area contributed by atoms with E-state index in [9.17, 15) is 9.59 Å². The first kappa shape index (κ1) is 18.8. The molecule has 1 aromatic rings. The molecule has 0 unspecified atom stereocenters.